The zero-order chi connectivity index (χ0) is 14.1. The van der Waals surface area contributed by atoms with Gasteiger partial charge in [0.15, 0.2) is 0 Å². The van der Waals surface area contributed by atoms with E-state index in [1.807, 2.05) is 13.0 Å². The quantitative estimate of drug-likeness (QED) is 0.731. The Morgan fingerprint density at radius 2 is 1.95 bits per heavy atom. The van der Waals surface area contributed by atoms with Gasteiger partial charge in [0.1, 0.15) is 0 Å². The molecule has 3 nitrogen and oxygen atoms in total. The van der Waals surface area contributed by atoms with Gasteiger partial charge in [-0.15, -0.1) is 0 Å². The predicted octanol–water partition coefficient (Wildman–Crippen LogP) is 3.32. The van der Waals surface area contributed by atoms with Gasteiger partial charge >= 0.3 is 5.97 Å². The summed E-state index contributed by atoms with van der Waals surface area (Å²) in [4.78, 5) is 11.3. The fourth-order valence-electron chi connectivity index (χ4n) is 2.08. The first-order valence-electron chi connectivity index (χ1n) is 7.07. The maximum absolute atomic E-state index is 11.3. The molecule has 0 saturated heterocycles. The van der Waals surface area contributed by atoms with E-state index < -0.39 is 0 Å². The van der Waals surface area contributed by atoms with Crippen molar-refractivity contribution in [2.24, 2.45) is 5.92 Å². The molecule has 0 amide bonds. The van der Waals surface area contributed by atoms with Crippen LogP contribution in [0.5, 0.6) is 0 Å². The fourth-order valence-corrected chi connectivity index (χ4v) is 2.08. The summed E-state index contributed by atoms with van der Waals surface area (Å²) in [5.74, 6) is 0.478. The standard InChI is InChI=1S/C16H25NO2/c1-4-19-16(18)10-11-17-15(12-13(2)3)14-8-6-5-7-9-14/h5-9,13,15,17H,4,10-12H2,1-3H3. The molecule has 0 fully saturated rings. The largest absolute Gasteiger partial charge is 0.466 e. The second kappa shape index (κ2) is 8.70. The van der Waals surface area contributed by atoms with Crippen molar-refractivity contribution in [2.45, 2.75) is 39.7 Å². The van der Waals surface area contributed by atoms with Crippen LogP contribution in [0.15, 0.2) is 30.3 Å². The lowest BCUT2D eigenvalue weighted by Gasteiger charge is -2.21. The molecule has 0 saturated carbocycles. The van der Waals surface area contributed by atoms with Gasteiger partial charge in [-0.3, -0.25) is 4.79 Å². The molecule has 0 radical (unpaired) electrons. The van der Waals surface area contributed by atoms with Gasteiger partial charge in [0.05, 0.1) is 13.0 Å². The van der Waals surface area contributed by atoms with Gasteiger partial charge in [0, 0.05) is 12.6 Å². The van der Waals surface area contributed by atoms with Gasteiger partial charge in [-0.25, -0.2) is 0 Å². The Balaban J connectivity index is 2.49. The summed E-state index contributed by atoms with van der Waals surface area (Å²) >= 11 is 0. The molecule has 1 aromatic rings. The maximum atomic E-state index is 11.3. The molecule has 1 atom stereocenters. The van der Waals surface area contributed by atoms with E-state index in [-0.39, 0.29) is 5.97 Å². The van der Waals surface area contributed by atoms with E-state index in [2.05, 4.69) is 43.4 Å². The zero-order valence-electron chi connectivity index (χ0n) is 12.2. The van der Waals surface area contributed by atoms with Crippen molar-refractivity contribution < 1.29 is 9.53 Å². The summed E-state index contributed by atoms with van der Waals surface area (Å²) in [5.41, 5.74) is 1.28. The first-order valence-corrected chi connectivity index (χ1v) is 7.07. The van der Waals surface area contributed by atoms with Crippen molar-refractivity contribution in [1.29, 1.82) is 0 Å². The number of nitrogens with one attached hydrogen (secondary N) is 1. The van der Waals surface area contributed by atoms with Crippen LogP contribution in [0.4, 0.5) is 0 Å². The van der Waals surface area contributed by atoms with E-state index in [4.69, 9.17) is 4.74 Å². The zero-order valence-corrected chi connectivity index (χ0v) is 12.2. The molecule has 0 aromatic heterocycles. The summed E-state index contributed by atoms with van der Waals surface area (Å²) < 4.78 is 4.93. The molecule has 0 heterocycles. The Kier molecular flexibility index (Phi) is 7.19. The van der Waals surface area contributed by atoms with E-state index in [0.29, 0.717) is 31.5 Å². The van der Waals surface area contributed by atoms with E-state index in [0.717, 1.165) is 6.42 Å². The van der Waals surface area contributed by atoms with E-state index >= 15 is 0 Å². The molecule has 19 heavy (non-hydrogen) atoms. The Labute approximate surface area is 116 Å². The number of hydrogen-bond acceptors (Lipinski definition) is 3. The van der Waals surface area contributed by atoms with Crippen LogP contribution in [-0.2, 0) is 9.53 Å². The second-order valence-electron chi connectivity index (χ2n) is 5.10. The summed E-state index contributed by atoms with van der Waals surface area (Å²) in [6.45, 7) is 7.36. The summed E-state index contributed by atoms with van der Waals surface area (Å²) in [6.07, 6.45) is 1.49. The third-order valence-electron chi connectivity index (χ3n) is 2.93. The lowest BCUT2D eigenvalue weighted by Crippen LogP contribution is -2.26. The average Bonchev–Trinajstić information content (AvgIpc) is 2.38. The number of rotatable bonds is 8. The van der Waals surface area contributed by atoms with Crippen LogP contribution in [0.3, 0.4) is 0 Å². The Morgan fingerprint density at radius 1 is 1.26 bits per heavy atom. The van der Waals surface area contributed by atoms with Crippen LogP contribution in [0.1, 0.15) is 45.2 Å². The highest BCUT2D eigenvalue weighted by atomic mass is 16.5. The highest BCUT2D eigenvalue weighted by Crippen LogP contribution is 2.20. The summed E-state index contributed by atoms with van der Waals surface area (Å²) in [6, 6.07) is 10.7. The van der Waals surface area contributed by atoms with Crippen LogP contribution in [0.25, 0.3) is 0 Å². The molecule has 1 aromatic carbocycles. The van der Waals surface area contributed by atoms with Gasteiger partial charge in [-0.1, -0.05) is 44.2 Å². The average molecular weight is 263 g/mol. The molecule has 1 N–H and O–H groups in total. The van der Waals surface area contributed by atoms with Crippen LogP contribution in [0.2, 0.25) is 0 Å². The molecule has 0 spiro atoms. The maximum Gasteiger partial charge on any atom is 0.307 e. The number of esters is 1. The predicted molar refractivity (Wildman–Crippen MR) is 77.9 cm³/mol. The molecule has 0 aliphatic heterocycles. The van der Waals surface area contributed by atoms with Crippen molar-refractivity contribution in [3.05, 3.63) is 35.9 Å². The monoisotopic (exact) mass is 263 g/mol. The molecule has 106 valence electrons. The number of ether oxygens (including phenoxy) is 1. The molecular weight excluding hydrogens is 238 g/mol. The van der Waals surface area contributed by atoms with Crippen LogP contribution in [-0.4, -0.2) is 19.1 Å². The second-order valence-corrected chi connectivity index (χ2v) is 5.10. The van der Waals surface area contributed by atoms with Crippen molar-refractivity contribution in [2.75, 3.05) is 13.2 Å². The molecular formula is C16H25NO2. The third kappa shape index (κ3) is 6.39. The van der Waals surface area contributed by atoms with Crippen LogP contribution in [0, 0.1) is 5.92 Å². The lowest BCUT2D eigenvalue weighted by atomic mass is 9.97. The Morgan fingerprint density at radius 3 is 2.53 bits per heavy atom. The number of benzene rings is 1. The molecule has 3 heteroatoms. The lowest BCUT2D eigenvalue weighted by molar-refractivity contribution is -0.143. The van der Waals surface area contributed by atoms with E-state index in [1.165, 1.54) is 5.56 Å². The fraction of sp³-hybridized carbons (Fsp3) is 0.562. The molecule has 0 bridgehead atoms. The molecule has 0 aliphatic rings. The molecule has 0 aliphatic carbocycles. The van der Waals surface area contributed by atoms with Gasteiger partial charge in [0.25, 0.3) is 0 Å². The Hall–Kier alpha value is -1.35. The van der Waals surface area contributed by atoms with Gasteiger partial charge in [0.2, 0.25) is 0 Å². The SMILES string of the molecule is CCOC(=O)CCNC(CC(C)C)c1ccccc1. The number of hydrogen-bond donors (Lipinski definition) is 1. The minimum atomic E-state index is -0.133. The third-order valence-corrected chi connectivity index (χ3v) is 2.93. The van der Waals surface area contributed by atoms with Crippen molar-refractivity contribution >= 4 is 5.97 Å². The Bertz CT molecular complexity index is 362. The summed E-state index contributed by atoms with van der Waals surface area (Å²) in [5, 5.41) is 3.46. The smallest absolute Gasteiger partial charge is 0.307 e. The highest BCUT2D eigenvalue weighted by Gasteiger charge is 2.13. The minimum Gasteiger partial charge on any atom is -0.466 e. The first kappa shape index (κ1) is 15.7. The minimum absolute atomic E-state index is 0.133. The van der Waals surface area contributed by atoms with Crippen molar-refractivity contribution in [1.82, 2.24) is 5.32 Å². The van der Waals surface area contributed by atoms with E-state index in [9.17, 15) is 4.79 Å². The first-order chi connectivity index (χ1) is 9.13. The van der Waals surface area contributed by atoms with Gasteiger partial charge in [-0.2, -0.15) is 0 Å². The molecule has 1 rings (SSSR count). The van der Waals surface area contributed by atoms with Crippen LogP contribution < -0.4 is 5.32 Å². The number of carbonyl (C=O) groups is 1. The van der Waals surface area contributed by atoms with Crippen LogP contribution >= 0.6 is 0 Å². The van der Waals surface area contributed by atoms with Crippen molar-refractivity contribution in [3.8, 4) is 0 Å². The van der Waals surface area contributed by atoms with Gasteiger partial charge in [-0.05, 0) is 24.8 Å². The molecule has 1 unspecified atom stereocenters. The summed E-state index contributed by atoms with van der Waals surface area (Å²) in [7, 11) is 0. The van der Waals surface area contributed by atoms with Gasteiger partial charge < -0.3 is 10.1 Å². The highest BCUT2D eigenvalue weighted by molar-refractivity contribution is 5.69. The number of carbonyl (C=O) groups excluding carboxylic acids is 1. The van der Waals surface area contributed by atoms with E-state index in [1.54, 1.807) is 0 Å². The normalized spacial score (nSPS) is 12.4. The topological polar surface area (TPSA) is 38.3 Å². The van der Waals surface area contributed by atoms with Crippen molar-refractivity contribution in [3.63, 3.8) is 0 Å².